The zero-order chi connectivity index (χ0) is 14.5. The minimum atomic E-state index is -0.977. The second kappa shape index (κ2) is 7.11. The molecule has 0 aromatic heterocycles. The van der Waals surface area contributed by atoms with Gasteiger partial charge in [-0.2, -0.15) is 0 Å². The molecule has 0 spiro atoms. The number of ether oxygens (including phenoxy) is 1. The van der Waals surface area contributed by atoms with Crippen LogP contribution in [0.2, 0.25) is 0 Å². The molecular formula is C15H21F2NO2. The molecule has 0 radical (unpaired) electrons. The summed E-state index contributed by atoms with van der Waals surface area (Å²) in [6, 6.07) is 4.45. The van der Waals surface area contributed by atoms with Gasteiger partial charge in [0.2, 0.25) is 0 Å². The maximum Gasteiger partial charge on any atom is 0.164 e. The largest absolute Gasteiger partial charge is 0.388 e. The molecule has 0 amide bonds. The van der Waals surface area contributed by atoms with Crippen molar-refractivity contribution in [3.05, 3.63) is 35.4 Å². The third kappa shape index (κ3) is 3.98. The van der Waals surface area contributed by atoms with Gasteiger partial charge in [0.15, 0.2) is 11.6 Å². The fourth-order valence-electron chi connectivity index (χ4n) is 2.35. The molecule has 0 bridgehead atoms. The third-order valence-electron chi connectivity index (χ3n) is 3.68. The van der Waals surface area contributed by atoms with Gasteiger partial charge in [-0.05, 0) is 25.3 Å². The predicted octanol–water partition coefficient (Wildman–Crippen LogP) is 2.50. The maximum atomic E-state index is 13.6. The minimum Gasteiger partial charge on any atom is -0.388 e. The Morgan fingerprint density at radius 1 is 1.35 bits per heavy atom. The average molecular weight is 285 g/mol. The van der Waals surface area contributed by atoms with Gasteiger partial charge in [0.25, 0.3) is 0 Å². The summed E-state index contributed by atoms with van der Waals surface area (Å²) < 4.78 is 31.8. The molecule has 0 heterocycles. The van der Waals surface area contributed by atoms with Crippen LogP contribution in [0.4, 0.5) is 8.78 Å². The highest BCUT2D eigenvalue weighted by molar-refractivity contribution is 5.21. The highest BCUT2D eigenvalue weighted by atomic mass is 19.2. The van der Waals surface area contributed by atoms with Gasteiger partial charge < -0.3 is 9.84 Å². The molecular weight excluding hydrogens is 264 g/mol. The number of hydrogen-bond acceptors (Lipinski definition) is 3. The van der Waals surface area contributed by atoms with Gasteiger partial charge in [-0.25, -0.2) is 8.78 Å². The van der Waals surface area contributed by atoms with Crippen molar-refractivity contribution < 1.29 is 18.6 Å². The van der Waals surface area contributed by atoms with E-state index in [1.807, 2.05) is 0 Å². The van der Waals surface area contributed by atoms with E-state index in [0.29, 0.717) is 25.6 Å². The topological polar surface area (TPSA) is 32.7 Å². The Labute approximate surface area is 118 Å². The lowest BCUT2D eigenvalue weighted by Crippen LogP contribution is -2.31. The van der Waals surface area contributed by atoms with Gasteiger partial charge in [-0.3, -0.25) is 4.90 Å². The van der Waals surface area contributed by atoms with E-state index in [9.17, 15) is 13.9 Å². The highest BCUT2D eigenvalue weighted by Crippen LogP contribution is 2.28. The zero-order valence-electron chi connectivity index (χ0n) is 11.7. The molecule has 1 atom stereocenters. The standard InChI is InChI=1S/C15H21F2NO2/c1-20-10-9-18(11-5-6-11)8-7-14(19)12-3-2-4-13(16)15(12)17/h2-4,11,14,19H,5-10H2,1H3. The number of aliphatic hydroxyl groups is 1. The first kappa shape index (κ1) is 15.4. The van der Waals surface area contributed by atoms with Crippen LogP contribution in [-0.4, -0.2) is 42.9 Å². The average Bonchev–Trinajstić information content (AvgIpc) is 3.26. The monoisotopic (exact) mass is 285 g/mol. The third-order valence-corrected chi connectivity index (χ3v) is 3.68. The van der Waals surface area contributed by atoms with Gasteiger partial charge in [0, 0.05) is 31.8 Å². The summed E-state index contributed by atoms with van der Waals surface area (Å²) in [5.41, 5.74) is 0.0347. The lowest BCUT2D eigenvalue weighted by molar-refractivity contribution is 0.111. The van der Waals surface area contributed by atoms with E-state index >= 15 is 0 Å². The SMILES string of the molecule is COCCN(CCC(O)c1cccc(F)c1F)C1CC1. The lowest BCUT2D eigenvalue weighted by Gasteiger charge is -2.23. The summed E-state index contributed by atoms with van der Waals surface area (Å²) in [7, 11) is 1.65. The van der Waals surface area contributed by atoms with Crippen LogP contribution >= 0.6 is 0 Å². The number of hydrogen-bond donors (Lipinski definition) is 1. The van der Waals surface area contributed by atoms with Crippen molar-refractivity contribution in [2.45, 2.75) is 31.4 Å². The number of benzene rings is 1. The van der Waals surface area contributed by atoms with Crippen molar-refractivity contribution in [2.75, 3.05) is 26.8 Å². The summed E-state index contributed by atoms with van der Waals surface area (Å²) in [5.74, 6) is -1.87. The van der Waals surface area contributed by atoms with Crippen molar-refractivity contribution in [3.8, 4) is 0 Å². The Kier molecular flexibility index (Phi) is 5.46. The normalized spacial score (nSPS) is 16.6. The van der Waals surface area contributed by atoms with Crippen LogP contribution in [0.15, 0.2) is 18.2 Å². The fourth-order valence-corrected chi connectivity index (χ4v) is 2.35. The van der Waals surface area contributed by atoms with Gasteiger partial charge in [0.1, 0.15) is 0 Å². The number of halogens is 2. The van der Waals surface area contributed by atoms with Gasteiger partial charge in [-0.15, -0.1) is 0 Å². The van der Waals surface area contributed by atoms with Gasteiger partial charge in [-0.1, -0.05) is 12.1 Å². The summed E-state index contributed by atoms with van der Waals surface area (Å²) in [4.78, 5) is 2.24. The molecule has 2 rings (SSSR count). The van der Waals surface area contributed by atoms with E-state index in [1.54, 1.807) is 7.11 Å². The van der Waals surface area contributed by atoms with Gasteiger partial charge >= 0.3 is 0 Å². The van der Waals surface area contributed by atoms with E-state index < -0.39 is 17.7 Å². The van der Waals surface area contributed by atoms with E-state index in [4.69, 9.17) is 4.74 Å². The Morgan fingerprint density at radius 3 is 2.75 bits per heavy atom. The Balaban J connectivity index is 1.89. The summed E-state index contributed by atoms with van der Waals surface area (Å²) in [5, 5.41) is 10.0. The predicted molar refractivity (Wildman–Crippen MR) is 72.4 cm³/mol. The van der Waals surface area contributed by atoms with Crippen LogP contribution in [0.25, 0.3) is 0 Å². The number of aliphatic hydroxyl groups excluding tert-OH is 1. The van der Waals surface area contributed by atoms with Crippen molar-refractivity contribution in [1.29, 1.82) is 0 Å². The molecule has 1 fully saturated rings. The van der Waals surface area contributed by atoms with Crippen LogP contribution in [0.5, 0.6) is 0 Å². The molecule has 1 aliphatic carbocycles. The molecule has 3 nitrogen and oxygen atoms in total. The smallest absolute Gasteiger partial charge is 0.164 e. The molecule has 1 aromatic rings. The molecule has 0 saturated heterocycles. The molecule has 5 heteroatoms. The van der Waals surface area contributed by atoms with E-state index in [0.717, 1.165) is 25.5 Å². The Morgan fingerprint density at radius 2 is 2.10 bits per heavy atom. The Hall–Kier alpha value is -1.04. The lowest BCUT2D eigenvalue weighted by atomic mass is 10.1. The van der Waals surface area contributed by atoms with Crippen molar-refractivity contribution in [1.82, 2.24) is 4.90 Å². The highest BCUT2D eigenvalue weighted by Gasteiger charge is 2.29. The first-order valence-electron chi connectivity index (χ1n) is 6.98. The number of methoxy groups -OCH3 is 1. The molecule has 20 heavy (non-hydrogen) atoms. The summed E-state index contributed by atoms with van der Waals surface area (Å²) >= 11 is 0. The molecule has 1 aliphatic rings. The molecule has 0 aliphatic heterocycles. The van der Waals surface area contributed by atoms with Crippen LogP contribution in [0.3, 0.4) is 0 Å². The van der Waals surface area contributed by atoms with Crippen LogP contribution in [-0.2, 0) is 4.74 Å². The zero-order valence-corrected chi connectivity index (χ0v) is 11.7. The summed E-state index contributed by atoms with van der Waals surface area (Å²) in [6.07, 6.45) is 1.73. The van der Waals surface area contributed by atoms with E-state index in [-0.39, 0.29) is 5.56 Å². The molecule has 1 saturated carbocycles. The quantitative estimate of drug-likeness (QED) is 0.796. The van der Waals surface area contributed by atoms with Crippen LogP contribution < -0.4 is 0 Å². The molecule has 1 N–H and O–H groups in total. The van der Waals surface area contributed by atoms with Crippen LogP contribution in [0.1, 0.15) is 30.9 Å². The van der Waals surface area contributed by atoms with Gasteiger partial charge in [0.05, 0.1) is 12.7 Å². The first-order chi connectivity index (χ1) is 9.63. The molecule has 112 valence electrons. The summed E-state index contributed by atoms with van der Waals surface area (Å²) in [6.45, 7) is 2.10. The minimum absolute atomic E-state index is 0.0347. The van der Waals surface area contributed by atoms with Crippen molar-refractivity contribution >= 4 is 0 Å². The molecule has 1 unspecified atom stereocenters. The maximum absolute atomic E-state index is 13.6. The number of nitrogens with zero attached hydrogens (tertiary/aromatic N) is 1. The molecule has 1 aromatic carbocycles. The second-order valence-electron chi connectivity index (χ2n) is 5.21. The van der Waals surface area contributed by atoms with Crippen molar-refractivity contribution in [3.63, 3.8) is 0 Å². The number of rotatable bonds is 8. The fraction of sp³-hybridized carbons (Fsp3) is 0.600. The van der Waals surface area contributed by atoms with E-state index in [1.165, 1.54) is 12.1 Å². The van der Waals surface area contributed by atoms with Crippen molar-refractivity contribution in [2.24, 2.45) is 0 Å². The Bertz CT molecular complexity index is 438. The first-order valence-corrected chi connectivity index (χ1v) is 6.98. The van der Waals surface area contributed by atoms with Crippen LogP contribution in [0, 0.1) is 11.6 Å². The van der Waals surface area contributed by atoms with E-state index in [2.05, 4.69) is 4.90 Å². The second-order valence-corrected chi connectivity index (χ2v) is 5.21.